The van der Waals surface area contributed by atoms with Crippen molar-refractivity contribution in [2.75, 3.05) is 23.8 Å². The van der Waals surface area contributed by atoms with Gasteiger partial charge in [-0.3, -0.25) is 9.10 Å². The Morgan fingerprint density at radius 3 is 2.29 bits per heavy atom. The van der Waals surface area contributed by atoms with E-state index in [0.717, 1.165) is 5.56 Å². The number of ether oxygens (including phenoxy) is 1. The molecule has 0 unspecified atom stereocenters. The Kier molecular flexibility index (Phi) is 6.65. The first kappa shape index (κ1) is 22.4. The molecule has 0 bridgehead atoms. The maximum Gasteiger partial charge on any atom is 0.264 e. The summed E-state index contributed by atoms with van der Waals surface area (Å²) in [6.45, 7) is 4.10. The molecule has 0 aliphatic rings. The molecular weight excluding hydrogens is 412 g/mol. The van der Waals surface area contributed by atoms with Crippen molar-refractivity contribution in [2.24, 2.45) is 0 Å². The van der Waals surface area contributed by atoms with Gasteiger partial charge in [0.15, 0.2) is 0 Å². The largest absolute Gasteiger partial charge is 0.497 e. The quantitative estimate of drug-likeness (QED) is 0.569. The van der Waals surface area contributed by atoms with Crippen LogP contribution in [0.15, 0.2) is 77.7 Å². The number of nitrogens with one attached hydrogen (secondary N) is 1. The number of para-hydroxylation sites is 1. The van der Waals surface area contributed by atoms with E-state index in [1.165, 1.54) is 23.5 Å². The van der Waals surface area contributed by atoms with E-state index in [-0.39, 0.29) is 22.3 Å². The van der Waals surface area contributed by atoms with Crippen molar-refractivity contribution in [3.8, 4) is 5.75 Å². The van der Waals surface area contributed by atoms with Crippen LogP contribution in [0.1, 0.15) is 35.7 Å². The fraction of sp³-hybridized carbons (Fsp3) is 0.208. The summed E-state index contributed by atoms with van der Waals surface area (Å²) in [5.74, 6) is 0.508. The Morgan fingerprint density at radius 2 is 1.65 bits per heavy atom. The molecule has 0 spiro atoms. The summed E-state index contributed by atoms with van der Waals surface area (Å²) in [7, 11) is -0.827. The van der Waals surface area contributed by atoms with Gasteiger partial charge in [0.25, 0.3) is 15.9 Å². The number of carbonyl (C=O) groups excluding carboxylic acids is 1. The van der Waals surface area contributed by atoms with Crippen molar-refractivity contribution < 1.29 is 17.9 Å². The Hall–Kier alpha value is -3.32. The number of hydrogen-bond donors (Lipinski definition) is 1. The van der Waals surface area contributed by atoms with Crippen molar-refractivity contribution in [1.82, 2.24) is 0 Å². The lowest BCUT2D eigenvalue weighted by Gasteiger charge is -2.20. The zero-order valence-corrected chi connectivity index (χ0v) is 18.8. The van der Waals surface area contributed by atoms with Gasteiger partial charge in [-0.05, 0) is 60.0 Å². The monoisotopic (exact) mass is 438 g/mol. The molecule has 0 atom stereocenters. The standard InChI is InChI=1S/C24H26N2O4S/c1-17(2)22-10-5-6-11-23(22)25-24(27)18-8-7-9-21(16-18)31(28,29)26(3)19-12-14-20(30-4)15-13-19/h5-17H,1-4H3,(H,25,27). The fourth-order valence-corrected chi connectivity index (χ4v) is 4.44. The molecule has 3 aromatic carbocycles. The van der Waals surface area contributed by atoms with Gasteiger partial charge in [0.05, 0.1) is 17.7 Å². The minimum atomic E-state index is -3.85. The molecule has 0 aromatic heterocycles. The predicted octanol–water partition coefficient (Wildman–Crippen LogP) is 4.90. The number of amides is 1. The second-order valence-corrected chi connectivity index (χ2v) is 9.36. The first-order chi connectivity index (χ1) is 14.7. The molecule has 162 valence electrons. The highest BCUT2D eigenvalue weighted by Gasteiger charge is 2.23. The van der Waals surface area contributed by atoms with Gasteiger partial charge in [-0.2, -0.15) is 0 Å². The van der Waals surface area contributed by atoms with Gasteiger partial charge in [0.2, 0.25) is 0 Å². The number of hydrogen-bond acceptors (Lipinski definition) is 4. The maximum atomic E-state index is 13.1. The molecule has 7 heteroatoms. The summed E-state index contributed by atoms with van der Waals surface area (Å²) in [4.78, 5) is 12.9. The van der Waals surface area contributed by atoms with Gasteiger partial charge in [-0.25, -0.2) is 8.42 Å². The number of anilines is 2. The number of methoxy groups -OCH3 is 1. The van der Waals surface area contributed by atoms with Gasteiger partial charge >= 0.3 is 0 Å². The van der Waals surface area contributed by atoms with E-state index in [4.69, 9.17) is 4.74 Å². The molecule has 0 heterocycles. The van der Waals surface area contributed by atoms with Crippen molar-refractivity contribution in [3.63, 3.8) is 0 Å². The number of carbonyl (C=O) groups is 1. The van der Waals surface area contributed by atoms with Crippen molar-refractivity contribution in [2.45, 2.75) is 24.7 Å². The number of benzene rings is 3. The average Bonchev–Trinajstić information content (AvgIpc) is 2.79. The Balaban J connectivity index is 1.87. The predicted molar refractivity (Wildman–Crippen MR) is 124 cm³/mol. The number of sulfonamides is 1. The summed E-state index contributed by atoms with van der Waals surface area (Å²) >= 11 is 0. The molecule has 0 aliphatic carbocycles. The zero-order valence-electron chi connectivity index (χ0n) is 18.0. The van der Waals surface area contributed by atoms with E-state index >= 15 is 0 Å². The van der Waals surface area contributed by atoms with Gasteiger partial charge in [-0.15, -0.1) is 0 Å². The summed E-state index contributed by atoms with van der Waals surface area (Å²) < 4.78 is 32.6. The lowest BCUT2D eigenvalue weighted by molar-refractivity contribution is 0.102. The maximum absolute atomic E-state index is 13.1. The van der Waals surface area contributed by atoms with E-state index in [2.05, 4.69) is 5.32 Å². The van der Waals surface area contributed by atoms with Gasteiger partial charge in [0, 0.05) is 18.3 Å². The van der Waals surface area contributed by atoms with Crippen LogP contribution < -0.4 is 14.4 Å². The molecule has 6 nitrogen and oxygen atoms in total. The number of nitrogens with zero attached hydrogens (tertiary/aromatic N) is 1. The third kappa shape index (κ3) is 4.88. The molecule has 0 saturated heterocycles. The molecule has 1 N–H and O–H groups in total. The Morgan fingerprint density at radius 1 is 0.968 bits per heavy atom. The smallest absolute Gasteiger partial charge is 0.264 e. The van der Waals surface area contributed by atoms with Crippen molar-refractivity contribution in [1.29, 1.82) is 0 Å². The first-order valence-corrected chi connectivity index (χ1v) is 11.3. The first-order valence-electron chi connectivity index (χ1n) is 9.87. The van der Waals surface area contributed by atoms with Crippen LogP contribution in [-0.2, 0) is 10.0 Å². The normalized spacial score (nSPS) is 11.3. The summed E-state index contributed by atoms with van der Waals surface area (Å²) in [6, 6.07) is 20.3. The van der Waals surface area contributed by atoms with E-state index in [1.54, 1.807) is 43.5 Å². The second kappa shape index (κ2) is 9.22. The summed E-state index contributed by atoms with van der Waals surface area (Å²) in [6.07, 6.45) is 0. The van der Waals surface area contributed by atoms with Crippen molar-refractivity contribution in [3.05, 3.63) is 83.9 Å². The minimum Gasteiger partial charge on any atom is -0.497 e. The van der Waals surface area contributed by atoms with E-state index in [1.807, 2.05) is 38.1 Å². The third-order valence-electron chi connectivity index (χ3n) is 5.02. The van der Waals surface area contributed by atoms with Gasteiger partial charge in [-0.1, -0.05) is 38.1 Å². The molecule has 3 aromatic rings. The average molecular weight is 439 g/mol. The highest BCUT2D eigenvalue weighted by molar-refractivity contribution is 7.92. The molecule has 0 fully saturated rings. The van der Waals surface area contributed by atoms with Crippen LogP contribution in [0.4, 0.5) is 11.4 Å². The third-order valence-corrected chi connectivity index (χ3v) is 6.80. The highest BCUT2D eigenvalue weighted by atomic mass is 32.2. The molecular formula is C24H26N2O4S. The van der Waals surface area contributed by atoms with Crippen LogP contribution in [-0.4, -0.2) is 28.5 Å². The van der Waals surface area contributed by atoms with Crippen LogP contribution in [0.2, 0.25) is 0 Å². The van der Waals surface area contributed by atoms with Crippen LogP contribution in [0.25, 0.3) is 0 Å². The minimum absolute atomic E-state index is 0.0376. The molecule has 3 rings (SSSR count). The zero-order chi connectivity index (χ0) is 22.6. The SMILES string of the molecule is COc1ccc(N(C)S(=O)(=O)c2cccc(C(=O)Nc3ccccc3C(C)C)c2)cc1. The van der Waals surface area contributed by atoms with Gasteiger partial charge < -0.3 is 10.1 Å². The Labute approximate surface area is 183 Å². The highest BCUT2D eigenvalue weighted by Crippen LogP contribution is 2.26. The topological polar surface area (TPSA) is 75.7 Å². The van der Waals surface area contributed by atoms with Crippen molar-refractivity contribution >= 4 is 27.3 Å². The number of rotatable bonds is 7. The van der Waals surface area contributed by atoms with Gasteiger partial charge in [0.1, 0.15) is 5.75 Å². The van der Waals surface area contributed by atoms with E-state index < -0.39 is 10.0 Å². The molecule has 0 saturated carbocycles. The lowest BCUT2D eigenvalue weighted by Crippen LogP contribution is -2.26. The van der Waals surface area contributed by atoms with E-state index in [9.17, 15) is 13.2 Å². The van der Waals surface area contributed by atoms with Crippen LogP contribution >= 0.6 is 0 Å². The second-order valence-electron chi connectivity index (χ2n) is 7.39. The Bertz CT molecular complexity index is 1170. The van der Waals surface area contributed by atoms with Crippen LogP contribution in [0.5, 0.6) is 5.75 Å². The molecule has 1 amide bonds. The van der Waals surface area contributed by atoms with Crippen LogP contribution in [0, 0.1) is 0 Å². The van der Waals surface area contributed by atoms with E-state index in [0.29, 0.717) is 17.1 Å². The molecule has 31 heavy (non-hydrogen) atoms. The summed E-state index contributed by atoms with van der Waals surface area (Å²) in [5.41, 5.74) is 2.48. The molecule has 0 aliphatic heterocycles. The molecule has 0 radical (unpaired) electrons. The summed E-state index contributed by atoms with van der Waals surface area (Å²) in [5, 5.41) is 2.90. The van der Waals surface area contributed by atoms with Crippen LogP contribution in [0.3, 0.4) is 0 Å². The fourth-order valence-electron chi connectivity index (χ4n) is 3.20. The lowest BCUT2D eigenvalue weighted by atomic mass is 10.0.